The van der Waals surface area contributed by atoms with Gasteiger partial charge in [0.05, 0.1) is 20.3 Å². The third-order valence-corrected chi connectivity index (χ3v) is 8.10. The fourth-order valence-corrected chi connectivity index (χ4v) is 5.78. The van der Waals surface area contributed by atoms with Crippen LogP contribution < -0.4 is 19.5 Å². The summed E-state index contributed by atoms with van der Waals surface area (Å²) >= 11 is 6.78. The van der Waals surface area contributed by atoms with Crippen molar-refractivity contribution in [1.29, 1.82) is 0 Å². The topological polar surface area (TPSA) is 66.0 Å². The normalized spacial score (nSPS) is 12.9. The molecule has 2 unspecified atom stereocenters. The first-order valence-electron chi connectivity index (χ1n) is 14.6. The summed E-state index contributed by atoms with van der Waals surface area (Å²) in [6.07, 6.45) is 0. The molecule has 0 aliphatic heterocycles. The van der Waals surface area contributed by atoms with Crippen LogP contribution in [0.1, 0.15) is 39.4 Å². The number of esters is 1. The van der Waals surface area contributed by atoms with Crippen LogP contribution in [0.2, 0.25) is 5.02 Å². The minimum Gasteiger partial charge on any atom is -0.497 e. The molecule has 0 bridgehead atoms. The number of aryl methyl sites for hydroxylation is 1. The number of nitrogens with one attached hydrogen (secondary N) is 1. The van der Waals surface area contributed by atoms with E-state index in [2.05, 4.69) is 5.32 Å². The maximum Gasteiger partial charge on any atom is 0.345 e. The molecular weight excluding hydrogens is 586 g/mol. The van der Waals surface area contributed by atoms with Gasteiger partial charge in [0.15, 0.2) is 12.2 Å². The third kappa shape index (κ3) is 6.83. The first-order chi connectivity index (χ1) is 21.9. The molecule has 5 aromatic carbocycles. The van der Waals surface area contributed by atoms with E-state index in [1.54, 1.807) is 20.3 Å². The fourth-order valence-electron chi connectivity index (χ4n) is 5.52. The average molecular weight is 622 g/mol. The van der Waals surface area contributed by atoms with Crippen LogP contribution >= 0.6 is 11.6 Å². The van der Waals surface area contributed by atoms with Gasteiger partial charge >= 0.3 is 5.97 Å². The lowest BCUT2D eigenvalue weighted by Crippen LogP contribution is -2.37. The molecule has 2 atom stereocenters. The van der Waals surface area contributed by atoms with Crippen LogP contribution in [0.25, 0.3) is 0 Å². The molecule has 0 heterocycles. The molecule has 1 N–H and O–H groups in total. The van der Waals surface area contributed by atoms with Crippen molar-refractivity contribution in [3.8, 4) is 17.2 Å². The van der Waals surface area contributed by atoms with Gasteiger partial charge in [-0.1, -0.05) is 102 Å². The summed E-state index contributed by atoms with van der Waals surface area (Å²) in [6.45, 7) is 1.72. The van der Waals surface area contributed by atoms with Crippen molar-refractivity contribution in [3.63, 3.8) is 0 Å². The number of halogens is 1. The smallest absolute Gasteiger partial charge is 0.345 e. The number of carbonyl (C=O) groups excluding carboxylic acids is 1. The van der Waals surface area contributed by atoms with Crippen LogP contribution in [0.4, 0.5) is 0 Å². The molecule has 6 nitrogen and oxygen atoms in total. The molecule has 5 rings (SSSR count). The molecule has 5 aromatic rings. The lowest BCUT2D eigenvalue weighted by Gasteiger charge is -2.36. The van der Waals surface area contributed by atoms with Gasteiger partial charge in [-0.2, -0.15) is 0 Å². The Bertz CT molecular complexity index is 1720. The highest BCUT2D eigenvalue weighted by molar-refractivity contribution is 6.31. The third-order valence-electron chi connectivity index (χ3n) is 7.77. The summed E-state index contributed by atoms with van der Waals surface area (Å²) in [7, 11) is 5.15. The summed E-state index contributed by atoms with van der Waals surface area (Å²) in [5.74, 6) is 1.42. The van der Waals surface area contributed by atoms with E-state index in [0.717, 1.165) is 27.8 Å². The maximum atomic E-state index is 13.6. The Balaban J connectivity index is 1.40. The molecule has 0 amide bonds. The van der Waals surface area contributed by atoms with Crippen molar-refractivity contribution >= 4 is 17.6 Å². The number of rotatable bonds is 12. The molecule has 0 aromatic heterocycles. The zero-order valence-corrected chi connectivity index (χ0v) is 26.5. The molecule has 45 heavy (non-hydrogen) atoms. The molecule has 0 aliphatic rings. The summed E-state index contributed by atoms with van der Waals surface area (Å²) in [5, 5.41) is 3.84. The lowest BCUT2D eigenvalue weighted by atomic mass is 9.79. The molecule has 7 heteroatoms. The number of hydrogen-bond acceptors (Lipinski definition) is 6. The first-order valence-corrected chi connectivity index (χ1v) is 15.0. The highest BCUT2D eigenvalue weighted by atomic mass is 35.5. The summed E-state index contributed by atoms with van der Waals surface area (Å²) in [5.41, 5.74) is 3.96. The van der Waals surface area contributed by atoms with Gasteiger partial charge in [0.2, 0.25) is 0 Å². The van der Waals surface area contributed by atoms with E-state index in [4.69, 9.17) is 30.5 Å². The Kier molecular flexibility index (Phi) is 10.1. The van der Waals surface area contributed by atoms with Crippen molar-refractivity contribution < 1.29 is 23.7 Å². The first kappa shape index (κ1) is 31.6. The number of hydrogen-bond donors (Lipinski definition) is 1. The standard InChI is InChI=1S/C38H36ClNO5/c1-26-14-18-29(19-15-26)38(28-10-6-5-7-11-28,33-12-8-9-13-34(33)39)45-36(41)25-44-30-20-16-27(17-21-30)37(40-2)32-23-22-31(42-3)24-35(32)43-4/h5-24,37,40H,25H2,1-4H3. The Morgan fingerprint density at radius 2 is 1.42 bits per heavy atom. The largest absolute Gasteiger partial charge is 0.497 e. The van der Waals surface area contributed by atoms with Crippen molar-refractivity contribution in [1.82, 2.24) is 5.32 Å². The molecule has 0 fully saturated rings. The van der Waals surface area contributed by atoms with E-state index in [1.165, 1.54) is 0 Å². The SMILES string of the molecule is CNC(c1ccc(OCC(=O)OC(c2ccccc2)(c2ccc(C)cc2)c2ccccc2Cl)cc1)c1ccc(OC)cc1OC. The van der Waals surface area contributed by atoms with E-state index in [-0.39, 0.29) is 12.6 Å². The minimum absolute atomic E-state index is 0.138. The van der Waals surface area contributed by atoms with E-state index in [0.29, 0.717) is 27.8 Å². The van der Waals surface area contributed by atoms with Crippen LogP contribution in [-0.4, -0.2) is 33.8 Å². The van der Waals surface area contributed by atoms with Crippen molar-refractivity contribution in [2.24, 2.45) is 0 Å². The summed E-state index contributed by atoms with van der Waals surface area (Å²) < 4.78 is 23.4. The Morgan fingerprint density at radius 3 is 2.07 bits per heavy atom. The molecule has 0 saturated carbocycles. The molecule has 0 radical (unpaired) electrons. The molecule has 0 saturated heterocycles. The second-order valence-corrected chi connectivity index (χ2v) is 11.0. The van der Waals surface area contributed by atoms with Crippen LogP contribution in [0.15, 0.2) is 121 Å². The number of carbonyl (C=O) groups is 1. The van der Waals surface area contributed by atoms with Crippen LogP contribution in [-0.2, 0) is 15.1 Å². The van der Waals surface area contributed by atoms with Gasteiger partial charge in [0.1, 0.15) is 17.2 Å². The zero-order chi connectivity index (χ0) is 31.8. The lowest BCUT2D eigenvalue weighted by molar-refractivity contribution is -0.155. The van der Waals surface area contributed by atoms with Crippen LogP contribution in [0.3, 0.4) is 0 Å². The maximum absolute atomic E-state index is 13.6. The monoisotopic (exact) mass is 621 g/mol. The number of methoxy groups -OCH3 is 2. The van der Waals surface area contributed by atoms with Gasteiger partial charge in [0.25, 0.3) is 0 Å². The minimum atomic E-state index is -1.30. The molecular formula is C38H36ClNO5. The van der Waals surface area contributed by atoms with Crippen molar-refractivity contribution in [3.05, 3.63) is 160 Å². The number of benzene rings is 5. The Hall–Kier alpha value is -4.78. The van der Waals surface area contributed by atoms with Gasteiger partial charge in [-0.25, -0.2) is 4.79 Å². The predicted octanol–water partition coefficient (Wildman–Crippen LogP) is 7.89. The Labute approximate surface area is 269 Å². The van der Waals surface area contributed by atoms with E-state index >= 15 is 0 Å². The summed E-state index contributed by atoms with van der Waals surface area (Å²) in [4.78, 5) is 13.6. The van der Waals surface area contributed by atoms with E-state index in [9.17, 15) is 4.79 Å². The van der Waals surface area contributed by atoms with Crippen molar-refractivity contribution in [2.45, 2.75) is 18.6 Å². The van der Waals surface area contributed by atoms with Gasteiger partial charge < -0.3 is 24.3 Å². The van der Waals surface area contributed by atoms with Gasteiger partial charge in [-0.3, -0.25) is 0 Å². The van der Waals surface area contributed by atoms with Gasteiger partial charge in [-0.15, -0.1) is 0 Å². The van der Waals surface area contributed by atoms with Gasteiger partial charge in [-0.05, 0) is 49.9 Å². The Morgan fingerprint density at radius 1 is 0.778 bits per heavy atom. The molecule has 0 spiro atoms. The number of ether oxygens (including phenoxy) is 4. The second kappa shape index (κ2) is 14.3. The molecule has 0 aliphatic carbocycles. The highest BCUT2D eigenvalue weighted by Crippen LogP contribution is 2.43. The van der Waals surface area contributed by atoms with Crippen LogP contribution in [0, 0.1) is 6.92 Å². The van der Waals surface area contributed by atoms with Crippen molar-refractivity contribution in [2.75, 3.05) is 27.9 Å². The summed E-state index contributed by atoms with van der Waals surface area (Å²) in [6, 6.07) is 38.2. The average Bonchev–Trinajstić information content (AvgIpc) is 3.08. The molecule has 230 valence electrons. The second-order valence-electron chi connectivity index (χ2n) is 10.6. The van der Waals surface area contributed by atoms with Gasteiger partial charge in [0, 0.05) is 33.3 Å². The van der Waals surface area contributed by atoms with E-state index < -0.39 is 11.6 Å². The fraction of sp³-hybridized carbons (Fsp3) is 0.184. The van der Waals surface area contributed by atoms with Crippen LogP contribution in [0.5, 0.6) is 17.2 Å². The zero-order valence-electron chi connectivity index (χ0n) is 25.8. The quantitative estimate of drug-likeness (QED) is 0.113. The predicted molar refractivity (Wildman–Crippen MR) is 177 cm³/mol. The van der Waals surface area contributed by atoms with E-state index in [1.807, 2.05) is 129 Å². The highest BCUT2D eigenvalue weighted by Gasteiger charge is 2.42.